The van der Waals surface area contributed by atoms with Crippen LogP contribution in [-0.2, 0) is 37.2 Å². The number of aliphatic hydroxyl groups is 1. The maximum atomic E-state index is 13.3. The van der Waals surface area contributed by atoms with Gasteiger partial charge in [-0.3, -0.25) is 27.7 Å². The summed E-state index contributed by atoms with van der Waals surface area (Å²) in [6, 6.07) is -0.777. The van der Waals surface area contributed by atoms with Gasteiger partial charge in [-0.25, -0.2) is 9.55 Å². The first-order chi connectivity index (χ1) is 19.6. The largest absolute Gasteiger partial charge is 0.479 e. The standard InChI is InChI=1S/C24H37N6O10PS/c1-12(2)14(25)19(31)36-10-23(3,4)21(32)42-8-7-37-41(34)38-9-13-16(40-41)24(5,33)20(39-13)30-11-27-15-17(30)28-22(26)29-18(15)35-6/h11-14,16,20,33H,7-10,25H2,1-6H3,(H2,26,28,29)/t13-,14+,16-,20-,24-,41?/m1/s1. The van der Waals surface area contributed by atoms with E-state index < -0.39 is 49.3 Å². The summed E-state index contributed by atoms with van der Waals surface area (Å²) in [6.45, 7) is 7.86. The quantitative estimate of drug-likeness (QED) is 0.181. The fraction of sp³-hybridized carbons (Fsp3) is 0.708. The number of nitrogens with zero attached hydrogens (tertiary/aromatic N) is 4. The summed E-state index contributed by atoms with van der Waals surface area (Å²) < 4.78 is 47.7. The lowest BCUT2D eigenvalue weighted by Crippen LogP contribution is -2.47. The van der Waals surface area contributed by atoms with Crippen LogP contribution in [0.15, 0.2) is 6.33 Å². The molecule has 18 heteroatoms. The summed E-state index contributed by atoms with van der Waals surface area (Å²) in [5, 5.41) is 11.2. The van der Waals surface area contributed by atoms with E-state index in [1.165, 1.54) is 24.9 Å². The number of thioether (sulfide) groups is 1. The second-order valence-electron chi connectivity index (χ2n) is 11.2. The van der Waals surface area contributed by atoms with Gasteiger partial charge in [0.05, 0.1) is 32.1 Å². The Morgan fingerprint density at radius 3 is 2.74 bits per heavy atom. The second-order valence-corrected chi connectivity index (χ2v) is 13.9. The number of aromatic nitrogens is 4. The Kier molecular flexibility index (Phi) is 9.55. The lowest BCUT2D eigenvalue weighted by atomic mass is 9.96. The first kappa shape index (κ1) is 32.5. The molecule has 4 heterocycles. The van der Waals surface area contributed by atoms with Crippen LogP contribution in [0.4, 0.5) is 5.95 Å². The first-order valence-corrected chi connectivity index (χ1v) is 15.6. The minimum atomic E-state index is -4.12. The van der Waals surface area contributed by atoms with Gasteiger partial charge in [0.25, 0.3) is 0 Å². The van der Waals surface area contributed by atoms with E-state index in [1.54, 1.807) is 27.7 Å². The van der Waals surface area contributed by atoms with Gasteiger partial charge < -0.3 is 30.8 Å². The Bertz CT molecular complexity index is 1370. The molecule has 0 bridgehead atoms. The van der Waals surface area contributed by atoms with E-state index in [1.807, 2.05) is 0 Å². The number of phosphoric ester groups is 1. The van der Waals surface area contributed by atoms with Crippen LogP contribution in [0.2, 0.25) is 0 Å². The molecule has 1 unspecified atom stereocenters. The number of hydrogen-bond donors (Lipinski definition) is 3. The molecule has 0 saturated carbocycles. The van der Waals surface area contributed by atoms with Gasteiger partial charge in [-0.05, 0) is 26.7 Å². The highest BCUT2D eigenvalue weighted by atomic mass is 32.2. The molecule has 6 atom stereocenters. The number of esters is 1. The van der Waals surface area contributed by atoms with E-state index in [4.69, 9.17) is 39.2 Å². The summed E-state index contributed by atoms with van der Waals surface area (Å²) in [5.74, 6) is -0.468. The third kappa shape index (κ3) is 6.58. The number of nitrogen functional groups attached to an aromatic ring is 1. The number of carbonyl (C=O) groups is 2. The van der Waals surface area contributed by atoms with Crippen molar-refractivity contribution in [1.29, 1.82) is 0 Å². The highest BCUT2D eigenvalue weighted by Crippen LogP contribution is 2.59. The van der Waals surface area contributed by atoms with Crippen LogP contribution in [0.5, 0.6) is 5.88 Å². The minimum absolute atomic E-state index is 0.0651. The molecule has 2 aromatic heterocycles. The molecule has 234 valence electrons. The smallest absolute Gasteiger partial charge is 0.475 e. The zero-order chi connectivity index (χ0) is 31.0. The molecule has 2 aromatic rings. The van der Waals surface area contributed by atoms with Crippen molar-refractivity contribution in [2.75, 3.05) is 38.4 Å². The summed E-state index contributed by atoms with van der Waals surface area (Å²) in [7, 11) is -2.71. The molecule has 2 aliphatic rings. The molecule has 4 rings (SSSR count). The molecule has 5 N–H and O–H groups in total. The van der Waals surface area contributed by atoms with Crippen LogP contribution in [0.1, 0.15) is 40.8 Å². The number of imidazole rings is 1. The Morgan fingerprint density at radius 1 is 1.36 bits per heavy atom. The highest BCUT2D eigenvalue weighted by molar-refractivity contribution is 8.13. The number of anilines is 1. The van der Waals surface area contributed by atoms with Crippen LogP contribution in [0.3, 0.4) is 0 Å². The number of methoxy groups -OCH3 is 1. The molecule has 16 nitrogen and oxygen atoms in total. The van der Waals surface area contributed by atoms with Crippen molar-refractivity contribution in [1.82, 2.24) is 19.5 Å². The zero-order valence-electron chi connectivity index (χ0n) is 24.2. The molecule has 2 fully saturated rings. The normalized spacial score (nSPS) is 28.5. The van der Waals surface area contributed by atoms with Gasteiger partial charge in [0.15, 0.2) is 22.5 Å². The molecule has 0 aliphatic carbocycles. The number of carbonyl (C=O) groups excluding carboxylic acids is 2. The Morgan fingerprint density at radius 2 is 2.07 bits per heavy atom. The number of rotatable bonds is 11. The molecular formula is C24H37N6O10PS. The summed E-state index contributed by atoms with van der Waals surface area (Å²) in [4.78, 5) is 37.2. The van der Waals surface area contributed by atoms with Gasteiger partial charge in [0.2, 0.25) is 11.8 Å². The Labute approximate surface area is 246 Å². The van der Waals surface area contributed by atoms with Crippen molar-refractivity contribution in [2.45, 2.75) is 64.7 Å². The van der Waals surface area contributed by atoms with E-state index in [0.717, 1.165) is 11.8 Å². The predicted octanol–water partition coefficient (Wildman–Crippen LogP) is 1.42. The van der Waals surface area contributed by atoms with Crippen molar-refractivity contribution >= 4 is 47.8 Å². The van der Waals surface area contributed by atoms with E-state index >= 15 is 0 Å². The fourth-order valence-electron chi connectivity index (χ4n) is 4.32. The van der Waals surface area contributed by atoms with Crippen molar-refractivity contribution < 1.29 is 47.0 Å². The second kappa shape index (κ2) is 12.3. The van der Waals surface area contributed by atoms with Gasteiger partial charge in [-0.1, -0.05) is 25.6 Å². The van der Waals surface area contributed by atoms with Crippen molar-refractivity contribution in [3.05, 3.63) is 6.33 Å². The van der Waals surface area contributed by atoms with E-state index in [2.05, 4.69) is 15.0 Å². The van der Waals surface area contributed by atoms with E-state index in [0.29, 0.717) is 5.52 Å². The molecule has 0 radical (unpaired) electrons. The predicted molar refractivity (Wildman–Crippen MR) is 150 cm³/mol. The minimum Gasteiger partial charge on any atom is -0.479 e. The maximum absolute atomic E-state index is 13.3. The Hall–Kier alpha value is -2.37. The van der Waals surface area contributed by atoms with Gasteiger partial charge in [0, 0.05) is 5.75 Å². The number of nitrogens with two attached hydrogens (primary N) is 2. The molecule has 0 amide bonds. The average Bonchev–Trinajstić information content (AvgIpc) is 3.45. The van der Waals surface area contributed by atoms with Crippen LogP contribution in [0, 0.1) is 11.3 Å². The molecule has 0 aromatic carbocycles. The van der Waals surface area contributed by atoms with Gasteiger partial charge in [-0.15, -0.1) is 0 Å². The van der Waals surface area contributed by atoms with Crippen molar-refractivity contribution in [2.24, 2.45) is 17.1 Å². The average molecular weight is 633 g/mol. The number of fused-ring (bicyclic) bond motifs is 2. The molecular weight excluding hydrogens is 595 g/mol. The van der Waals surface area contributed by atoms with E-state index in [9.17, 15) is 19.3 Å². The summed E-state index contributed by atoms with van der Waals surface area (Å²) >= 11 is 0.925. The summed E-state index contributed by atoms with van der Waals surface area (Å²) in [5.41, 5.74) is 9.45. The zero-order valence-corrected chi connectivity index (χ0v) is 25.9. The van der Waals surface area contributed by atoms with Gasteiger partial charge in [0.1, 0.15) is 30.5 Å². The maximum Gasteiger partial charge on any atom is 0.475 e. The van der Waals surface area contributed by atoms with Crippen molar-refractivity contribution in [3.63, 3.8) is 0 Å². The first-order valence-electron chi connectivity index (χ1n) is 13.2. The highest BCUT2D eigenvalue weighted by Gasteiger charge is 2.60. The number of hydrogen-bond acceptors (Lipinski definition) is 16. The van der Waals surface area contributed by atoms with Crippen LogP contribution in [-0.4, -0.2) is 92.2 Å². The monoisotopic (exact) mass is 632 g/mol. The van der Waals surface area contributed by atoms with Crippen LogP contribution in [0.25, 0.3) is 11.2 Å². The molecule has 0 spiro atoms. The van der Waals surface area contributed by atoms with Crippen LogP contribution < -0.4 is 16.2 Å². The number of ether oxygens (including phenoxy) is 3. The summed E-state index contributed by atoms with van der Waals surface area (Å²) in [6.07, 6.45) is -1.56. The lowest BCUT2D eigenvalue weighted by molar-refractivity contribution is -0.150. The fourth-order valence-corrected chi connectivity index (χ4v) is 6.71. The third-order valence-electron chi connectivity index (χ3n) is 6.89. The molecule has 42 heavy (non-hydrogen) atoms. The van der Waals surface area contributed by atoms with Crippen molar-refractivity contribution in [3.8, 4) is 5.88 Å². The lowest BCUT2D eigenvalue weighted by Gasteiger charge is -2.35. The molecule has 2 aliphatic heterocycles. The van der Waals surface area contributed by atoms with E-state index in [-0.39, 0.29) is 54.1 Å². The topological polar surface area (TPSA) is 222 Å². The van der Waals surface area contributed by atoms with Crippen LogP contribution >= 0.6 is 19.6 Å². The van der Waals surface area contributed by atoms with Gasteiger partial charge in [-0.2, -0.15) is 9.97 Å². The third-order valence-corrected chi connectivity index (χ3v) is 9.53. The Balaban J connectivity index is 1.33. The molecule has 2 saturated heterocycles. The SMILES string of the molecule is COc1nc(N)nc2c1ncn2[C@@H]1O[C@@H]2COP(=O)(OCCSC(=O)C(C)(C)COC(=O)[C@@H](N)C(C)C)O[C@H]2[C@@]1(C)O. The number of phosphoric acid groups is 1. The van der Waals surface area contributed by atoms with Gasteiger partial charge >= 0.3 is 13.8 Å².